The molecule has 0 radical (unpaired) electrons. The van der Waals surface area contributed by atoms with Crippen LogP contribution in [0.15, 0.2) is 198 Å². The number of rotatable bonds is 10. The van der Waals surface area contributed by atoms with Crippen LogP contribution < -0.4 is 31.3 Å². The third-order valence-electron chi connectivity index (χ3n) is 8.24. The van der Waals surface area contributed by atoms with Gasteiger partial charge in [-0.15, -0.1) is 0 Å². The molecule has 0 aromatic heterocycles. The number of halogens is 1. The Morgan fingerprint density at radius 2 is 0.816 bits per heavy atom. The van der Waals surface area contributed by atoms with Gasteiger partial charge in [-0.25, -0.2) is 4.39 Å². The molecule has 0 fully saturated rings. The van der Waals surface area contributed by atoms with Gasteiger partial charge in [0.15, 0.2) is 18.4 Å². The van der Waals surface area contributed by atoms with Gasteiger partial charge >= 0.3 is 0 Å². The highest BCUT2D eigenvalue weighted by Gasteiger charge is 2.57. The molecule has 238 valence electrons. The fourth-order valence-corrected chi connectivity index (χ4v) is 10.5. The zero-order valence-electron chi connectivity index (χ0n) is 26.3. The maximum absolute atomic E-state index is 16.4. The standard InChI is InChI=1S/C42H30FN2O3P/c43-37-38(44-31-26-28-33(29-27-31)48-32-18-8-2-9-19-32)41(47)42(39(40(37)46)45-30-16-6-1-7-17-30)49(34-20-10-3-11-21-34,35-22-12-4-13-23-35)36-24-14-5-15-25-36/h1-29H,(H-,44,45,46,47)/p+1. The van der Waals surface area contributed by atoms with Crippen molar-refractivity contribution in [3.8, 4) is 11.5 Å². The lowest BCUT2D eigenvalue weighted by atomic mass is 10.0. The molecule has 0 saturated heterocycles. The fraction of sp³-hybridized carbons (Fsp3) is 0. The summed E-state index contributed by atoms with van der Waals surface area (Å²) < 4.78 is 22.3. The summed E-state index contributed by atoms with van der Waals surface area (Å²) in [6.07, 6.45) is 0. The fourth-order valence-electron chi connectivity index (χ4n) is 6.04. The van der Waals surface area contributed by atoms with E-state index in [1.165, 1.54) is 0 Å². The minimum absolute atomic E-state index is 0.0873. The van der Waals surface area contributed by atoms with Crippen molar-refractivity contribution < 1.29 is 18.7 Å². The number of carbonyl (C=O) groups is 2. The summed E-state index contributed by atoms with van der Waals surface area (Å²) in [7, 11) is -3.14. The normalized spacial score (nSPS) is 13.3. The Kier molecular flexibility index (Phi) is 8.96. The van der Waals surface area contributed by atoms with E-state index >= 15 is 9.18 Å². The molecular formula is C42H31FN2O3P+. The van der Waals surface area contributed by atoms with E-state index in [1.54, 1.807) is 36.4 Å². The van der Waals surface area contributed by atoms with E-state index in [2.05, 4.69) is 10.6 Å². The summed E-state index contributed by atoms with van der Waals surface area (Å²) in [5.74, 6) is -1.44. The number of hydrogen-bond acceptors (Lipinski definition) is 5. The summed E-state index contributed by atoms with van der Waals surface area (Å²) in [5, 5.41) is 8.91. The van der Waals surface area contributed by atoms with E-state index in [0.717, 1.165) is 15.9 Å². The summed E-state index contributed by atoms with van der Waals surface area (Å²) in [5.41, 5.74) is 0.480. The van der Waals surface area contributed by atoms with Crippen molar-refractivity contribution >= 4 is 46.1 Å². The minimum atomic E-state index is -3.14. The van der Waals surface area contributed by atoms with Crippen LogP contribution in [0.4, 0.5) is 15.8 Å². The Hall–Kier alpha value is -6.10. The Bertz CT molecular complexity index is 2060. The summed E-state index contributed by atoms with van der Waals surface area (Å²) in [6, 6.07) is 54.3. The van der Waals surface area contributed by atoms with E-state index in [0.29, 0.717) is 22.9 Å². The molecule has 0 saturated carbocycles. The first-order chi connectivity index (χ1) is 24.1. The Balaban J connectivity index is 1.42. The molecule has 0 bridgehead atoms. The van der Waals surface area contributed by atoms with Gasteiger partial charge in [-0.2, -0.15) is 0 Å². The van der Waals surface area contributed by atoms with Gasteiger partial charge in [0, 0.05) is 11.4 Å². The van der Waals surface area contributed by atoms with Crippen molar-refractivity contribution in [3.63, 3.8) is 0 Å². The molecule has 0 atom stereocenters. The van der Waals surface area contributed by atoms with Gasteiger partial charge in [0.25, 0.3) is 5.78 Å². The second-order valence-electron chi connectivity index (χ2n) is 11.3. The van der Waals surface area contributed by atoms with Gasteiger partial charge in [0.05, 0.1) is 0 Å². The van der Waals surface area contributed by atoms with Gasteiger partial charge in [0.2, 0.25) is 5.78 Å². The van der Waals surface area contributed by atoms with Gasteiger partial charge in [-0.05, 0) is 84.9 Å². The smallest absolute Gasteiger partial charge is 0.250 e. The summed E-state index contributed by atoms with van der Waals surface area (Å²) >= 11 is 0. The number of para-hydroxylation sites is 2. The van der Waals surface area contributed by atoms with E-state index in [4.69, 9.17) is 4.74 Å². The van der Waals surface area contributed by atoms with Crippen LogP contribution in [0.1, 0.15) is 0 Å². The van der Waals surface area contributed by atoms with E-state index < -0.39 is 30.4 Å². The van der Waals surface area contributed by atoms with Crippen molar-refractivity contribution in [3.05, 3.63) is 198 Å². The zero-order chi connectivity index (χ0) is 33.6. The molecule has 6 aromatic rings. The zero-order valence-corrected chi connectivity index (χ0v) is 27.2. The van der Waals surface area contributed by atoms with E-state index in [9.17, 15) is 4.79 Å². The first-order valence-electron chi connectivity index (χ1n) is 15.8. The molecule has 0 aliphatic heterocycles. The molecule has 6 aromatic carbocycles. The van der Waals surface area contributed by atoms with Gasteiger partial charge in [0.1, 0.15) is 38.8 Å². The molecule has 2 N–H and O–H groups in total. The molecule has 0 spiro atoms. The maximum Gasteiger partial charge on any atom is 0.250 e. The lowest BCUT2D eigenvalue weighted by molar-refractivity contribution is -0.117. The highest BCUT2D eigenvalue weighted by Crippen LogP contribution is 2.65. The second-order valence-corrected chi connectivity index (χ2v) is 14.6. The Morgan fingerprint density at radius 1 is 0.429 bits per heavy atom. The van der Waals surface area contributed by atoms with Crippen molar-refractivity contribution in [1.29, 1.82) is 0 Å². The monoisotopic (exact) mass is 661 g/mol. The van der Waals surface area contributed by atoms with Crippen LogP contribution in [-0.2, 0) is 9.59 Å². The lowest BCUT2D eigenvalue weighted by Gasteiger charge is -2.32. The molecule has 7 heteroatoms. The SMILES string of the molecule is O=C1C(F)=C(Nc2ccc(Oc3ccccc3)cc2)C(=O)C([P+](c2ccccc2)(c2ccccc2)c2ccccc2)=C1Nc1ccccc1. The van der Waals surface area contributed by atoms with Crippen LogP contribution in [0, 0.1) is 0 Å². The van der Waals surface area contributed by atoms with Crippen molar-refractivity contribution in [2.45, 2.75) is 0 Å². The van der Waals surface area contributed by atoms with Crippen LogP contribution in [0.3, 0.4) is 0 Å². The van der Waals surface area contributed by atoms with Crippen LogP contribution in [0.2, 0.25) is 0 Å². The molecule has 7 rings (SSSR count). The van der Waals surface area contributed by atoms with Crippen LogP contribution in [0.25, 0.3) is 0 Å². The average molecular weight is 662 g/mol. The van der Waals surface area contributed by atoms with Crippen LogP contribution in [-0.4, -0.2) is 11.6 Å². The third-order valence-corrected chi connectivity index (χ3v) is 12.6. The molecule has 1 aliphatic carbocycles. The third kappa shape index (κ3) is 6.18. The molecule has 0 heterocycles. The topological polar surface area (TPSA) is 67.4 Å². The first kappa shape index (κ1) is 31.5. The summed E-state index contributed by atoms with van der Waals surface area (Å²) in [4.78, 5) is 29.5. The minimum Gasteiger partial charge on any atom is -0.457 e. The van der Waals surface area contributed by atoms with Crippen LogP contribution >= 0.6 is 7.26 Å². The van der Waals surface area contributed by atoms with Gasteiger partial charge in [-0.3, -0.25) is 9.59 Å². The quantitative estimate of drug-likeness (QED) is 0.114. The number of anilines is 2. The number of hydrogen-bond donors (Lipinski definition) is 2. The maximum atomic E-state index is 16.4. The Morgan fingerprint density at radius 3 is 1.31 bits per heavy atom. The first-order valence-corrected chi connectivity index (χ1v) is 17.6. The average Bonchev–Trinajstić information content (AvgIpc) is 3.16. The van der Waals surface area contributed by atoms with Crippen molar-refractivity contribution in [2.75, 3.05) is 10.6 Å². The second kappa shape index (κ2) is 13.9. The predicted octanol–water partition coefficient (Wildman–Crippen LogP) is 8.54. The number of benzene rings is 6. The lowest BCUT2D eigenvalue weighted by Crippen LogP contribution is -2.40. The molecule has 0 amide bonds. The van der Waals surface area contributed by atoms with Gasteiger partial charge in [-0.1, -0.05) is 91.0 Å². The van der Waals surface area contributed by atoms with E-state index in [1.807, 2.05) is 140 Å². The Labute approximate surface area is 284 Å². The predicted molar refractivity (Wildman–Crippen MR) is 197 cm³/mol. The number of nitrogens with one attached hydrogen (secondary N) is 2. The molecule has 1 aliphatic rings. The number of ether oxygens (including phenoxy) is 1. The number of carbonyl (C=O) groups excluding carboxylic acids is 2. The van der Waals surface area contributed by atoms with E-state index in [-0.39, 0.29) is 11.0 Å². The van der Waals surface area contributed by atoms with Crippen molar-refractivity contribution in [1.82, 2.24) is 0 Å². The van der Waals surface area contributed by atoms with Crippen LogP contribution in [0.5, 0.6) is 11.5 Å². The molecular weight excluding hydrogens is 630 g/mol. The number of Topliss-reactive ketones (excluding diaryl/α,β-unsaturated/α-hetero) is 2. The number of allylic oxidation sites excluding steroid dienone is 2. The highest BCUT2D eigenvalue weighted by molar-refractivity contribution is 8.00. The largest absolute Gasteiger partial charge is 0.457 e. The summed E-state index contributed by atoms with van der Waals surface area (Å²) in [6.45, 7) is 0. The molecule has 0 unspecified atom stereocenters. The highest BCUT2D eigenvalue weighted by atomic mass is 31.2. The number of ketones is 2. The molecule has 5 nitrogen and oxygen atoms in total. The van der Waals surface area contributed by atoms with Crippen molar-refractivity contribution in [2.24, 2.45) is 0 Å². The van der Waals surface area contributed by atoms with Gasteiger partial charge < -0.3 is 15.4 Å². The molecule has 49 heavy (non-hydrogen) atoms.